The number of hydrogen-bond acceptors (Lipinski definition) is 3. The minimum Gasteiger partial charge on any atom is -0.494 e. The van der Waals surface area contributed by atoms with E-state index in [1.807, 2.05) is 31.6 Å². The van der Waals surface area contributed by atoms with Crippen molar-refractivity contribution in [2.75, 3.05) is 19.7 Å². The van der Waals surface area contributed by atoms with Gasteiger partial charge in [0.2, 0.25) is 0 Å². The lowest BCUT2D eigenvalue weighted by molar-refractivity contribution is 0.340. The molecule has 1 aromatic carbocycles. The summed E-state index contributed by atoms with van der Waals surface area (Å²) in [4.78, 5) is 4.34. The van der Waals surface area contributed by atoms with Crippen LogP contribution in [-0.4, -0.2) is 29.2 Å². The Morgan fingerprint density at radius 2 is 2.20 bits per heavy atom. The van der Waals surface area contributed by atoms with Crippen molar-refractivity contribution in [1.82, 2.24) is 14.9 Å². The average molecular weight is 271 g/mol. The van der Waals surface area contributed by atoms with Crippen molar-refractivity contribution < 1.29 is 4.74 Å². The number of nitrogens with one attached hydrogen (secondary N) is 1. The number of hydrogen-bond donors (Lipinski definition) is 1. The van der Waals surface area contributed by atoms with Crippen LogP contribution in [-0.2, 0) is 0 Å². The summed E-state index contributed by atoms with van der Waals surface area (Å²) < 4.78 is 7.68. The van der Waals surface area contributed by atoms with Crippen molar-refractivity contribution in [3.8, 4) is 11.4 Å². The highest BCUT2D eigenvalue weighted by atomic mass is 16.5. The number of nitrogens with zero attached hydrogens (tertiary/aromatic N) is 2. The van der Waals surface area contributed by atoms with Crippen LogP contribution in [0.3, 0.4) is 0 Å². The van der Waals surface area contributed by atoms with E-state index in [0.29, 0.717) is 12.5 Å². The van der Waals surface area contributed by atoms with Gasteiger partial charge in [0, 0.05) is 30.0 Å². The van der Waals surface area contributed by atoms with Gasteiger partial charge in [-0.1, -0.05) is 0 Å². The molecule has 0 aliphatic carbocycles. The SMILES string of the molecule is CCOc1ccc(-n2cncc2C2CCCNC2)cc1. The second-order valence-electron chi connectivity index (χ2n) is 5.16. The van der Waals surface area contributed by atoms with Crippen LogP contribution in [0, 0.1) is 0 Å². The van der Waals surface area contributed by atoms with Gasteiger partial charge in [0.05, 0.1) is 12.9 Å². The predicted molar refractivity (Wildman–Crippen MR) is 79.6 cm³/mol. The van der Waals surface area contributed by atoms with E-state index in [2.05, 4.69) is 27.0 Å². The largest absolute Gasteiger partial charge is 0.494 e. The second-order valence-corrected chi connectivity index (χ2v) is 5.16. The van der Waals surface area contributed by atoms with Gasteiger partial charge in [-0.25, -0.2) is 4.98 Å². The Balaban J connectivity index is 1.84. The number of piperidine rings is 1. The maximum Gasteiger partial charge on any atom is 0.119 e. The summed E-state index contributed by atoms with van der Waals surface area (Å²) in [6.45, 7) is 4.87. The number of imidazole rings is 1. The fourth-order valence-electron chi connectivity index (χ4n) is 2.80. The summed E-state index contributed by atoms with van der Waals surface area (Å²) in [6.07, 6.45) is 6.36. The van der Waals surface area contributed by atoms with E-state index in [1.54, 1.807) is 0 Å². The van der Waals surface area contributed by atoms with Gasteiger partial charge in [-0.2, -0.15) is 0 Å². The van der Waals surface area contributed by atoms with Crippen molar-refractivity contribution in [2.45, 2.75) is 25.7 Å². The normalized spacial score (nSPS) is 18.9. The lowest BCUT2D eigenvalue weighted by Gasteiger charge is -2.23. The Morgan fingerprint density at radius 3 is 2.90 bits per heavy atom. The zero-order valence-corrected chi connectivity index (χ0v) is 11.9. The quantitative estimate of drug-likeness (QED) is 0.929. The third-order valence-electron chi connectivity index (χ3n) is 3.81. The van der Waals surface area contributed by atoms with Crippen molar-refractivity contribution in [3.63, 3.8) is 0 Å². The van der Waals surface area contributed by atoms with Crippen LogP contribution in [0.4, 0.5) is 0 Å². The van der Waals surface area contributed by atoms with Crippen LogP contribution in [0.5, 0.6) is 5.75 Å². The van der Waals surface area contributed by atoms with E-state index in [-0.39, 0.29) is 0 Å². The molecule has 2 heterocycles. The first-order valence-corrected chi connectivity index (χ1v) is 7.34. The van der Waals surface area contributed by atoms with Crippen LogP contribution < -0.4 is 10.1 Å². The number of benzene rings is 1. The highest BCUT2D eigenvalue weighted by Gasteiger charge is 2.19. The summed E-state index contributed by atoms with van der Waals surface area (Å²) in [5.41, 5.74) is 2.44. The summed E-state index contributed by atoms with van der Waals surface area (Å²) in [5.74, 6) is 1.47. The molecule has 3 rings (SSSR count). The van der Waals surface area contributed by atoms with Crippen molar-refractivity contribution >= 4 is 0 Å². The van der Waals surface area contributed by atoms with Crippen LogP contribution >= 0.6 is 0 Å². The molecule has 1 fully saturated rings. The molecule has 0 saturated carbocycles. The fraction of sp³-hybridized carbons (Fsp3) is 0.438. The Hall–Kier alpha value is -1.81. The topological polar surface area (TPSA) is 39.1 Å². The molecule has 1 atom stereocenters. The third-order valence-corrected chi connectivity index (χ3v) is 3.81. The molecule has 1 aliphatic heterocycles. The first-order chi connectivity index (χ1) is 9.88. The van der Waals surface area contributed by atoms with Gasteiger partial charge in [-0.05, 0) is 50.6 Å². The monoisotopic (exact) mass is 271 g/mol. The second kappa shape index (κ2) is 6.09. The summed E-state index contributed by atoms with van der Waals surface area (Å²) in [6, 6.07) is 8.21. The molecule has 0 radical (unpaired) electrons. The maximum atomic E-state index is 5.49. The highest BCUT2D eigenvalue weighted by molar-refractivity contribution is 5.39. The minimum absolute atomic E-state index is 0.554. The molecule has 0 bridgehead atoms. The van der Waals surface area contributed by atoms with Gasteiger partial charge >= 0.3 is 0 Å². The van der Waals surface area contributed by atoms with Gasteiger partial charge in [0.15, 0.2) is 0 Å². The van der Waals surface area contributed by atoms with E-state index in [0.717, 1.165) is 24.5 Å². The molecule has 1 unspecified atom stereocenters. The molecular weight excluding hydrogens is 250 g/mol. The molecule has 1 N–H and O–H groups in total. The zero-order valence-electron chi connectivity index (χ0n) is 11.9. The molecule has 2 aromatic rings. The molecule has 4 heteroatoms. The lowest BCUT2D eigenvalue weighted by Crippen LogP contribution is -2.29. The molecule has 0 amide bonds. The smallest absolute Gasteiger partial charge is 0.119 e. The van der Waals surface area contributed by atoms with Crippen LogP contribution in [0.15, 0.2) is 36.8 Å². The van der Waals surface area contributed by atoms with E-state index < -0.39 is 0 Å². The van der Waals surface area contributed by atoms with Crippen LogP contribution in [0.1, 0.15) is 31.4 Å². The minimum atomic E-state index is 0.554. The van der Waals surface area contributed by atoms with Gasteiger partial charge in [0.25, 0.3) is 0 Å². The Bertz CT molecular complexity index is 541. The first-order valence-electron chi connectivity index (χ1n) is 7.34. The molecule has 4 nitrogen and oxygen atoms in total. The van der Waals surface area contributed by atoms with Gasteiger partial charge in [-0.15, -0.1) is 0 Å². The molecule has 20 heavy (non-hydrogen) atoms. The number of rotatable bonds is 4. The molecule has 0 spiro atoms. The molecule has 1 aromatic heterocycles. The third kappa shape index (κ3) is 2.70. The Labute approximate surface area is 119 Å². The molecule has 1 saturated heterocycles. The fourth-order valence-corrected chi connectivity index (χ4v) is 2.80. The Morgan fingerprint density at radius 1 is 1.35 bits per heavy atom. The van der Waals surface area contributed by atoms with E-state index in [9.17, 15) is 0 Å². The van der Waals surface area contributed by atoms with Gasteiger partial charge in [-0.3, -0.25) is 0 Å². The summed E-state index contributed by atoms with van der Waals surface area (Å²) in [7, 11) is 0. The van der Waals surface area contributed by atoms with Crippen molar-refractivity contribution in [1.29, 1.82) is 0 Å². The van der Waals surface area contributed by atoms with Crippen molar-refractivity contribution in [2.24, 2.45) is 0 Å². The number of aromatic nitrogens is 2. The van der Waals surface area contributed by atoms with E-state index in [1.165, 1.54) is 18.5 Å². The average Bonchev–Trinajstić information content (AvgIpc) is 2.99. The molecule has 106 valence electrons. The predicted octanol–water partition coefficient (Wildman–Crippen LogP) is 2.74. The highest BCUT2D eigenvalue weighted by Crippen LogP contribution is 2.26. The lowest BCUT2D eigenvalue weighted by atomic mass is 9.96. The van der Waals surface area contributed by atoms with Gasteiger partial charge in [0.1, 0.15) is 5.75 Å². The molecule has 1 aliphatic rings. The summed E-state index contributed by atoms with van der Waals surface area (Å²) >= 11 is 0. The summed E-state index contributed by atoms with van der Waals surface area (Å²) in [5, 5.41) is 3.47. The van der Waals surface area contributed by atoms with Crippen molar-refractivity contribution in [3.05, 3.63) is 42.5 Å². The van der Waals surface area contributed by atoms with Gasteiger partial charge < -0.3 is 14.6 Å². The van der Waals surface area contributed by atoms with Crippen LogP contribution in [0.2, 0.25) is 0 Å². The van der Waals surface area contributed by atoms with Crippen LogP contribution in [0.25, 0.3) is 5.69 Å². The van der Waals surface area contributed by atoms with E-state index >= 15 is 0 Å². The van der Waals surface area contributed by atoms with E-state index in [4.69, 9.17) is 4.74 Å². The standard InChI is InChI=1S/C16H21N3O/c1-2-20-15-7-5-14(6-8-15)19-12-18-11-16(19)13-4-3-9-17-10-13/h5-8,11-13,17H,2-4,9-10H2,1H3. The first kappa shape index (κ1) is 13.2. The molecular formula is C16H21N3O. The Kier molecular flexibility index (Phi) is 4.02. The number of ether oxygens (including phenoxy) is 1. The zero-order chi connectivity index (χ0) is 13.8. The maximum absolute atomic E-state index is 5.49.